The van der Waals surface area contributed by atoms with Crippen LogP contribution >= 0.6 is 0 Å². The highest BCUT2D eigenvalue weighted by atomic mass is 19.1. The highest BCUT2D eigenvalue weighted by Crippen LogP contribution is 2.31. The number of para-hydroxylation sites is 2. The lowest BCUT2D eigenvalue weighted by molar-refractivity contribution is 0.398. The zero-order valence-corrected chi connectivity index (χ0v) is 19.3. The Hall–Kier alpha value is -4.26. The van der Waals surface area contributed by atoms with Crippen molar-refractivity contribution in [2.45, 2.75) is 25.3 Å². The summed E-state index contributed by atoms with van der Waals surface area (Å²) >= 11 is 0. The Morgan fingerprint density at radius 1 is 1.03 bits per heavy atom. The lowest BCUT2D eigenvalue weighted by atomic mass is 9.94. The third-order valence-corrected chi connectivity index (χ3v) is 6.40. The third-order valence-electron chi connectivity index (χ3n) is 6.40. The molecule has 0 bridgehead atoms. The van der Waals surface area contributed by atoms with Crippen molar-refractivity contribution in [2.75, 3.05) is 12.4 Å². The summed E-state index contributed by atoms with van der Waals surface area (Å²) in [6, 6.07) is 22.7. The van der Waals surface area contributed by atoms with E-state index in [-0.39, 0.29) is 5.82 Å². The Balaban J connectivity index is 1.59. The van der Waals surface area contributed by atoms with Crippen molar-refractivity contribution in [3.05, 3.63) is 90.2 Å². The molecule has 0 radical (unpaired) electrons. The molecule has 2 aromatic carbocycles. The molecule has 0 atom stereocenters. The van der Waals surface area contributed by atoms with Gasteiger partial charge in [-0.2, -0.15) is 0 Å². The molecule has 7 heteroatoms. The average molecular weight is 466 g/mol. The van der Waals surface area contributed by atoms with E-state index in [1.807, 2.05) is 42.5 Å². The van der Waals surface area contributed by atoms with Crippen LogP contribution in [-0.4, -0.2) is 27.7 Å². The third kappa shape index (κ3) is 4.10. The number of ether oxygens (including phenoxy) is 1. The van der Waals surface area contributed by atoms with Gasteiger partial charge in [0.05, 0.1) is 58.5 Å². The summed E-state index contributed by atoms with van der Waals surface area (Å²) in [5.41, 5.74) is 6.08. The Bertz CT molecular complexity index is 1540. The fraction of sp³-hybridized carbons (Fsp3) is 0.179. The molecule has 2 heterocycles. The monoisotopic (exact) mass is 465 g/mol. The molecule has 0 spiro atoms. The zero-order valence-electron chi connectivity index (χ0n) is 19.3. The summed E-state index contributed by atoms with van der Waals surface area (Å²) in [5, 5.41) is 4.34. The fourth-order valence-corrected chi connectivity index (χ4v) is 4.36. The largest absolute Gasteiger partial charge is 0.481 e. The van der Waals surface area contributed by atoms with E-state index in [4.69, 9.17) is 14.7 Å². The minimum atomic E-state index is -0.266. The Morgan fingerprint density at radius 3 is 2.57 bits per heavy atom. The summed E-state index contributed by atoms with van der Waals surface area (Å²) in [6.07, 6.45) is 5.13. The van der Waals surface area contributed by atoms with Crippen LogP contribution in [0.2, 0.25) is 0 Å². The number of nitrogens with one attached hydrogen (secondary N) is 1. The number of benzene rings is 3. The van der Waals surface area contributed by atoms with Crippen LogP contribution in [0.5, 0.6) is 5.88 Å². The number of nitrogens with zero attached hydrogens (tertiary/aromatic N) is 4. The van der Waals surface area contributed by atoms with E-state index in [1.165, 1.54) is 18.6 Å². The number of hydrogen-bond acceptors (Lipinski definition) is 5. The van der Waals surface area contributed by atoms with Gasteiger partial charge in [-0.1, -0.05) is 12.1 Å². The first-order valence-electron chi connectivity index (χ1n) is 11.7. The van der Waals surface area contributed by atoms with E-state index in [0.29, 0.717) is 11.9 Å². The van der Waals surface area contributed by atoms with Crippen LogP contribution in [0, 0.1) is 5.82 Å². The predicted molar refractivity (Wildman–Crippen MR) is 135 cm³/mol. The van der Waals surface area contributed by atoms with Gasteiger partial charge in [0, 0.05) is 11.8 Å². The number of aromatic nitrogens is 3. The molecule has 6 nitrogen and oxygen atoms in total. The van der Waals surface area contributed by atoms with Crippen LogP contribution in [0.25, 0.3) is 28.1 Å². The van der Waals surface area contributed by atoms with E-state index in [1.54, 1.807) is 25.4 Å². The van der Waals surface area contributed by atoms with E-state index in [0.717, 1.165) is 57.7 Å². The maximum atomic E-state index is 13.7. The summed E-state index contributed by atoms with van der Waals surface area (Å²) in [6.45, 7) is 0. The first kappa shape index (κ1) is 21.3. The average Bonchev–Trinajstić information content (AvgIpc) is 2.86. The predicted octanol–water partition coefficient (Wildman–Crippen LogP) is 5.87. The minimum Gasteiger partial charge on any atom is -0.481 e. The first-order valence-corrected chi connectivity index (χ1v) is 11.7. The lowest BCUT2D eigenvalue weighted by Crippen LogP contribution is -2.22. The summed E-state index contributed by atoms with van der Waals surface area (Å²) in [7, 11) is 1.60. The smallest absolute Gasteiger partial charge is 0.213 e. The number of hydrogen-bond donors (Lipinski definition) is 1. The molecule has 0 amide bonds. The molecule has 174 valence electrons. The van der Waals surface area contributed by atoms with Gasteiger partial charge < -0.3 is 14.6 Å². The molecule has 6 rings (SSSR count). The standard InChI is InChI=1S/C28H24FN5O/c1-35-28-14-11-20(17-30-28)32-23-15-25-27(16-24(23)31-19-5-4-6-19)34(21-12-9-18(29)10-13-21)26-8-3-2-7-22(26)33-25/h2-3,7-17,19,32H,4-6H2,1H3/b31-24+. The van der Waals surface area contributed by atoms with Gasteiger partial charge in [-0.05, 0) is 73.9 Å². The molecule has 1 aromatic heterocycles. The van der Waals surface area contributed by atoms with Gasteiger partial charge in [0.25, 0.3) is 0 Å². The van der Waals surface area contributed by atoms with Gasteiger partial charge in [-0.25, -0.2) is 14.4 Å². The molecule has 1 saturated carbocycles. The Morgan fingerprint density at radius 2 is 1.86 bits per heavy atom. The van der Waals surface area contributed by atoms with Gasteiger partial charge in [-0.15, -0.1) is 0 Å². The highest BCUT2D eigenvalue weighted by molar-refractivity contribution is 5.84. The molecule has 1 fully saturated rings. The van der Waals surface area contributed by atoms with Crippen molar-refractivity contribution in [3.63, 3.8) is 0 Å². The van der Waals surface area contributed by atoms with Crippen molar-refractivity contribution in [1.82, 2.24) is 14.5 Å². The molecular weight excluding hydrogens is 441 g/mol. The van der Waals surface area contributed by atoms with Gasteiger partial charge in [0.2, 0.25) is 5.88 Å². The summed E-state index contributed by atoms with van der Waals surface area (Å²) in [4.78, 5) is 14.3. The quantitative estimate of drug-likeness (QED) is 0.330. The van der Waals surface area contributed by atoms with Crippen molar-refractivity contribution >= 4 is 22.4 Å². The van der Waals surface area contributed by atoms with Crippen LogP contribution in [0.3, 0.4) is 0 Å². The maximum absolute atomic E-state index is 13.7. The van der Waals surface area contributed by atoms with Gasteiger partial charge in [0.1, 0.15) is 5.82 Å². The Kier molecular flexibility index (Phi) is 5.37. The van der Waals surface area contributed by atoms with E-state index < -0.39 is 0 Å². The second-order valence-corrected chi connectivity index (χ2v) is 8.70. The van der Waals surface area contributed by atoms with Crippen LogP contribution in [0.1, 0.15) is 19.3 Å². The van der Waals surface area contributed by atoms with Crippen LogP contribution in [-0.2, 0) is 0 Å². The van der Waals surface area contributed by atoms with E-state index in [2.05, 4.69) is 20.9 Å². The number of pyridine rings is 1. The number of anilines is 2. The summed E-state index contributed by atoms with van der Waals surface area (Å²) in [5.74, 6) is 0.291. The zero-order chi connectivity index (χ0) is 23.8. The fourth-order valence-electron chi connectivity index (χ4n) is 4.36. The molecule has 3 aliphatic rings. The van der Waals surface area contributed by atoms with Crippen molar-refractivity contribution < 1.29 is 9.13 Å². The van der Waals surface area contributed by atoms with Crippen LogP contribution < -0.4 is 15.4 Å². The normalized spacial score (nSPS) is 14.3. The molecule has 2 aliphatic carbocycles. The topological polar surface area (TPSA) is 64.3 Å². The van der Waals surface area contributed by atoms with Gasteiger partial charge in [-0.3, -0.25) is 4.99 Å². The highest BCUT2D eigenvalue weighted by Gasteiger charge is 2.19. The van der Waals surface area contributed by atoms with Gasteiger partial charge in [0.15, 0.2) is 0 Å². The number of halogens is 1. The molecule has 35 heavy (non-hydrogen) atoms. The molecule has 0 unspecified atom stereocenters. The summed E-state index contributed by atoms with van der Waals surface area (Å²) < 4.78 is 21.0. The minimum absolute atomic E-state index is 0.266. The second-order valence-electron chi connectivity index (χ2n) is 8.70. The van der Waals surface area contributed by atoms with Crippen molar-refractivity contribution in [2.24, 2.45) is 4.99 Å². The Labute approximate surface area is 202 Å². The van der Waals surface area contributed by atoms with E-state index >= 15 is 0 Å². The second kappa shape index (κ2) is 8.83. The van der Waals surface area contributed by atoms with Gasteiger partial charge >= 0.3 is 0 Å². The SMILES string of the molecule is COc1ccc(Nc2cc3nc4ccccc4n(-c4ccc(F)cc4)c-3c/c2=N\C2CCC2)cn1. The van der Waals surface area contributed by atoms with Crippen molar-refractivity contribution in [3.8, 4) is 23.0 Å². The van der Waals surface area contributed by atoms with Crippen LogP contribution in [0.15, 0.2) is 84.0 Å². The van der Waals surface area contributed by atoms with E-state index in [9.17, 15) is 4.39 Å². The van der Waals surface area contributed by atoms with Crippen LogP contribution in [0.4, 0.5) is 15.8 Å². The number of fused-ring (bicyclic) bond motifs is 2. The maximum Gasteiger partial charge on any atom is 0.213 e. The molecule has 3 aromatic rings. The lowest BCUT2D eigenvalue weighted by Gasteiger charge is -2.23. The molecule has 1 N–H and O–H groups in total. The number of methoxy groups -OCH3 is 1. The first-order chi connectivity index (χ1) is 17.2. The molecular formula is C28H24FN5O. The molecule has 0 saturated heterocycles. The van der Waals surface area contributed by atoms with Crippen molar-refractivity contribution in [1.29, 1.82) is 0 Å². The molecule has 1 aliphatic heterocycles. The number of rotatable bonds is 5.